The fourth-order valence-corrected chi connectivity index (χ4v) is 2.97. The summed E-state index contributed by atoms with van der Waals surface area (Å²) in [4.78, 5) is 26.3. The van der Waals surface area contributed by atoms with Crippen LogP contribution in [-0.4, -0.2) is 36.2 Å². The van der Waals surface area contributed by atoms with Crippen LogP contribution in [0.5, 0.6) is 0 Å². The molecule has 0 spiro atoms. The van der Waals surface area contributed by atoms with E-state index in [9.17, 15) is 14.0 Å². The number of nitrogens with two attached hydrogens (primary N) is 1. The van der Waals surface area contributed by atoms with Crippen molar-refractivity contribution < 1.29 is 14.0 Å². The Morgan fingerprint density at radius 1 is 1.36 bits per heavy atom. The van der Waals surface area contributed by atoms with E-state index in [1.165, 1.54) is 24.5 Å². The molecule has 1 aliphatic heterocycles. The molecule has 0 unspecified atom stereocenters. The highest BCUT2D eigenvalue weighted by molar-refractivity contribution is 5.93. The molecule has 1 aliphatic rings. The Labute approximate surface area is 147 Å². The average molecular weight is 345 g/mol. The van der Waals surface area contributed by atoms with Crippen LogP contribution in [0, 0.1) is 11.7 Å². The van der Waals surface area contributed by atoms with E-state index in [0.29, 0.717) is 17.7 Å². The SMILES string of the molecule is C=C(CN1CCC(C(=O)Cc2cccc(F)c2)CC1)C(=O)N/C=C\N. The zero-order valence-corrected chi connectivity index (χ0v) is 14.2. The molecular formula is C19H24FN3O2. The van der Waals surface area contributed by atoms with Crippen LogP contribution in [0.3, 0.4) is 0 Å². The molecule has 1 fully saturated rings. The molecule has 3 N–H and O–H groups in total. The second kappa shape index (κ2) is 9.13. The summed E-state index contributed by atoms with van der Waals surface area (Å²) < 4.78 is 13.2. The number of carbonyl (C=O) groups excluding carboxylic acids is 2. The smallest absolute Gasteiger partial charge is 0.251 e. The maximum atomic E-state index is 13.2. The van der Waals surface area contributed by atoms with E-state index < -0.39 is 0 Å². The fraction of sp³-hybridized carbons (Fsp3) is 0.368. The van der Waals surface area contributed by atoms with Crippen LogP contribution in [0.2, 0.25) is 0 Å². The third kappa shape index (κ3) is 5.83. The Morgan fingerprint density at radius 3 is 2.72 bits per heavy atom. The van der Waals surface area contributed by atoms with Crippen molar-refractivity contribution in [3.05, 3.63) is 60.2 Å². The van der Waals surface area contributed by atoms with Gasteiger partial charge in [0.05, 0.1) is 0 Å². The number of amides is 1. The zero-order chi connectivity index (χ0) is 18.2. The topological polar surface area (TPSA) is 75.4 Å². The van der Waals surface area contributed by atoms with Crippen LogP contribution in [0.25, 0.3) is 0 Å². The largest absolute Gasteiger partial charge is 0.403 e. The number of rotatable bonds is 7. The standard InChI is InChI=1S/C19H24FN3O2/c1-14(19(25)22-8-7-21)13-23-9-5-16(6-10-23)18(24)12-15-3-2-4-17(20)11-15/h2-4,7-8,11,16H,1,5-6,9-10,12-13,21H2,(H,22,25)/b8-7-. The number of benzene rings is 1. The summed E-state index contributed by atoms with van der Waals surface area (Å²) in [5.74, 6) is -0.441. The molecule has 0 aliphatic carbocycles. The summed E-state index contributed by atoms with van der Waals surface area (Å²) in [6.07, 6.45) is 4.37. The van der Waals surface area contributed by atoms with E-state index in [0.717, 1.165) is 25.9 Å². The van der Waals surface area contributed by atoms with Gasteiger partial charge in [-0.25, -0.2) is 4.39 Å². The predicted octanol–water partition coefficient (Wildman–Crippen LogP) is 1.75. The second-order valence-electron chi connectivity index (χ2n) is 6.26. The van der Waals surface area contributed by atoms with Gasteiger partial charge in [-0.15, -0.1) is 0 Å². The Bertz CT molecular complexity index is 664. The number of nitrogens with one attached hydrogen (secondary N) is 1. The molecule has 1 heterocycles. The molecule has 1 aromatic carbocycles. The molecule has 6 heteroatoms. The van der Waals surface area contributed by atoms with E-state index >= 15 is 0 Å². The highest BCUT2D eigenvalue weighted by atomic mass is 19.1. The number of Topliss-reactive ketones (excluding diaryl/α,β-unsaturated/α-hetero) is 1. The zero-order valence-electron chi connectivity index (χ0n) is 14.2. The van der Waals surface area contributed by atoms with Crippen molar-refractivity contribution in [2.75, 3.05) is 19.6 Å². The first-order chi connectivity index (χ1) is 12.0. The number of hydrogen-bond donors (Lipinski definition) is 2. The van der Waals surface area contributed by atoms with Crippen LogP contribution in [0.1, 0.15) is 18.4 Å². The fourth-order valence-electron chi connectivity index (χ4n) is 2.97. The monoisotopic (exact) mass is 345 g/mol. The predicted molar refractivity (Wildman–Crippen MR) is 94.9 cm³/mol. The summed E-state index contributed by atoms with van der Waals surface area (Å²) >= 11 is 0. The van der Waals surface area contributed by atoms with E-state index in [-0.39, 0.29) is 29.8 Å². The average Bonchev–Trinajstić information content (AvgIpc) is 2.60. The van der Waals surface area contributed by atoms with Crippen molar-refractivity contribution in [1.82, 2.24) is 10.2 Å². The van der Waals surface area contributed by atoms with Gasteiger partial charge >= 0.3 is 0 Å². The highest BCUT2D eigenvalue weighted by Crippen LogP contribution is 2.21. The molecule has 0 aromatic heterocycles. The lowest BCUT2D eigenvalue weighted by Gasteiger charge is -2.31. The molecule has 1 saturated heterocycles. The second-order valence-corrected chi connectivity index (χ2v) is 6.26. The molecular weight excluding hydrogens is 321 g/mol. The van der Waals surface area contributed by atoms with Crippen LogP contribution in [0.15, 0.2) is 48.8 Å². The summed E-state index contributed by atoms with van der Waals surface area (Å²) in [6.45, 7) is 5.73. The van der Waals surface area contributed by atoms with Crippen LogP contribution >= 0.6 is 0 Å². The number of likely N-dealkylation sites (tertiary alicyclic amines) is 1. The van der Waals surface area contributed by atoms with Crippen molar-refractivity contribution >= 4 is 11.7 Å². The highest BCUT2D eigenvalue weighted by Gasteiger charge is 2.25. The minimum absolute atomic E-state index is 0.0122. The molecule has 0 saturated carbocycles. The maximum absolute atomic E-state index is 13.2. The molecule has 0 radical (unpaired) electrons. The number of hydrogen-bond acceptors (Lipinski definition) is 4. The van der Waals surface area contributed by atoms with Gasteiger partial charge in [0.2, 0.25) is 0 Å². The van der Waals surface area contributed by atoms with Gasteiger partial charge < -0.3 is 11.1 Å². The van der Waals surface area contributed by atoms with Gasteiger partial charge in [-0.1, -0.05) is 18.7 Å². The summed E-state index contributed by atoms with van der Waals surface area (Å²) in [7, 11) is 0. The van der Waals surface area contributed by atoms with Gasteiger partial charge in [0.25, 0.3) is 5.91 Å². The quantitative estimate of drug-likeness (QED) is 0.738. The van der Waals surface area contributed by atoms with Crippen LogP contribution in [0.4, 0.5) is 4.39 Å². The Morgan fingerprint density at radius 2 is 2.08 bits per heavy atom. The van der Waals surface area contributed by atoms with E-state index in [1.54, 1.807) is 12.1 Å². The number of halogens is 1. The van der Waals surface area contributed by atoms with Gasteiger partial charge in [-0.2, -0.15) is 0 Å². The number of ketones is 1. The van der Waals surface area contributed by atoms with Crippen molar-refractivity contribution in [3.63, 3.8) is 0 Å². The van der Waals surface area contributed by atoms with Crippen LogP contribution in [-0.2, 0) is 16.0 Å². The Hall–Kier alpha value is -2.47. The third-order valence-electron chi connectivity index (χ3n) is 4.36. The molecule has 1 aromatic rings. The molecule has 134 valence electrons. The lowest BCUT2D eigenvalue weighted by atomic mass is 9.89. The van der Waals surface area contributed by atoms with Crippen molar-refractivity contribution in [1.29, 1.82) is 0 Å². The molecule has 0 atom stereocenters. The first kappa shape index (κ1) is 18.9. The maximum Gasteiger partial charge on any atom is 0.251 e. The molecule has 0 bridgehead atoms. The summed E-state index contributed by atoms with van der Waals surface area (Å²) in [5.41, 5.74) is 6.35. The van der Waals surface area contributed by atoms with Gasteiger partial charge in [0.15, 0.2) is 0 Å². The molecule has 2 rings (SSSR count). The third-order valence-corrected chi connectivity index (χ3v) is 4.36. The lowest BCUT2D eigenvalue weighted by Crippen LogP contribution is -2.39. The molecule has 1 amide bonds. The van der Waals surface area contributed by atoms with E-state index in [2.05, 4.69) is 16.8 Å². The first-order valence-electron chi connectivity index (χ1n) is 8.34. The minimum atomic E-state index is -0.318. The van der Waals surface area contributed by atoms with Gasteiger partial charge in [0.1, 0.15) is 11.6 Å². The van der Waals surface area contributed by atoms with Gasteiger partial charge in [0, 0.05) is 36.9 Å². The summed E-state index contributed by atoms with van der Waals surface area (Å²) in [6, 6.07) is 6.18. The molecule has 25 heavy (non-hydrogen) atoms. The summed E-state index contributed by atoms with van der Waals surface area (Å²) in [5, 5.41) is 2.53. The van der Waals surface area contributed by atoms with Gasteiger partial charge in [-0.3, -0.25) is 14.5 Å². The van der Waals surface area contributed by atoms with Crippen molar-refractivity contribution in [2.45, 2.75) is 19.3 Å². The number of nitrogens with zero attached hydrogens (tertiary/aromatic N) is 1. The van der Waals surface area contributed by atoms with Crippen molar-refractivity contribution in [3.8, 4) is 0 Å². The minimum Gasteiger partial charge on any atom is -0.403 e. The first-order valence-corrected chi connectivity index (χ1v) is 8.34. The van der Waals surface area contributed by atoms with Crippen LogP contribution < -0.4 is 11.1 Å². The Kier molecular flexibility index (Phi) is 6.89. The lowest BCUT2D eigenvalue weighted by molar-refractivity contribution is -0.123. The Balaban J connectivity index is 1.78. The molecule has 5 nitrogen and oxygen atoms in total. The van der Waals surface area contributed by atoms with Crippen molar-refractivity contribution in [2.24, 2.45) is 11.7 Å². The normalized spacial score (nSPS) is 16.0. The van der Waals surface area contributed by atoms with Gasteiger partial charge in [-0.05, 0) is 43.6 Å². The number of piperidine rings is 1. The van der Waals surface area contributed by atoms with E-state index in [4.69, 9.17) is 5.73 Å². The van der Waals surface area contributed by atoms with E-state index in [1.807, 2.05) is 0 Å². The number of carbonyl (C=O) groups is 2.